The first-order valence-corrected chi connectivity index (χ1v) is 19.1. The highest BCUT2D eigenvalue weighted by Gasteiger charge is 2.50. The second kappa shape index (κ2) is 14.7. The molecule has 2 bridgehead atoms. The van der Waals surface area contributed by atoms with Gasteiger partial charge in [0, 0.05) is 42.9 Å². The zero-order chi connectivity index (χ0) is 34.8. The highest BCUT2D eigenvalue weighted by Crippen LogP contribution is 2.52. The average Bonchev–Trinajstić information content (AvgIpc) is 3.11. The number of carbonyl (C=O) groups excluding carboxylic acids is 1. The van der Waals surface area contributed by atoms with Crippen LogP contribution < -0.4 is 19.1 Å². The molecule has 5 atom stereocenters. The summed E-state index contributed by atoms with van der Waals surface area (Å²) >= 11 is 6.38. The Kier molecular flexibility index (Phi) is 10.6. The fraction of sp³-hybridized carbons (Fsp3) is 0.474. The highest BCUT2D eigenvalue weighted by molar-refractivity contribution is 7.90. The number of nitrogens with zero attached hydrogens (tertiary/aromatic N) is 2. The number of benzene rings is 2. The molecule has 0 saturated heterocycles. The van der Waals surface area contributed by atoms with Gasteiger partial charge in [0.2, 0.25) is 15.9 Å². The van der Waals surface area contributed by atoms with Gasteiger partial charge in [-0.2, -0.15) is 0 Å². The minimum Gasteiger partial charge on any atom is -0.487 e. The molecule has 0 spiro atoms. The first-order valence-electron chi connectivity index (χ1n) is 17.1. The largest absolute Gasteiger partial charge is 0.487 e. The molecule has 1 amide bonds. The third-order valence-electron chi connectivity index (χ3n) is 10.8. The molecule has 3 aliphatic rings. The maximum atomic E-state index is 13.5. The van der Waals surface area contributed by atoms with Crippen LogP contribution in [0.1, 0.15) is 73.0 Å². The van der Waals surface area contributed by atoms with Crippen LogP contribution in [-0.2, 0) is 33.4 Å². The molecule has 1 fully saturated rings. The van der Waals surface area contributed by atoms with Crippen molar-refractivity contribution >= 4 is 33.2 Å². The number of ether oxygens (including phenoxy) is 3. The van der Waals surface area contributed by atoms with Gasteiger partial charge < -0.3 is 19.1 Å². The van der Waals surface area contributed by atoms with E-state index >= 15 is 0 Å². The van der Waals surface area contributed by atoms with Gasteiger partial charge in [0.15, 0.2) is 0 Å². The highest BCUT2D eigenvalue weighted by atomic mass is 35.5. The number of nitrogens with one attached hydrogen (secondary N) is 1. The van der Waals surface area contributed by atoms with E-state index in [0.29, 0.717) is 36.2 Å². The number of aryl methyl sites for hydroxylation is 1. The lowest BCUT2D eigenvalue weighted by molar-refractivity contribution is -0.0816. The Bertz CT molecular complexity index is 1820. The van der Waals surface area contributed by atoms with E-state index in [1.165, 1.54) is 5.56 Å². The fourth-order valence-corrected chi connectivity index (χ4v) is 9.02. The standard InChI is InChI=1S/C38H46ClN3O6S/c1-25-9-7-18-38(47-4,33-11-8-19-40-37(33)46-3)32-16-13-29(32)23-42-20-6-5-10-27-21-31(39)15-12-30(27)24-48-35-17-14-28(22-34(35)42)36(43)41-49(44,45)26(25)2/h7-8,11-12,14-15,17-19,21-22,25-26,29,32H,5-6,9-10,13,16,20,23-24H2,1-4H3,(H,41,43)/b18-7+/t25-,26+,29-,32+,38-/m0/s1. The molecule has 49 heavy (non-hydrogen) atoms. The summed E-state index contributed by atoms with van der Waals surface area (Å²) in [4.78, 5) is 20.4. The fourth-order valence-electron chi connectivity index (χ4n) is 7.54. The summed E-state index contributed by atoms with van der Waals surface area (Å²) in [6, 6.07) is 15.0. The van der Waals surface area contributed by atoms with Gasteiger partial charge in [0.1, 0.15) is 18.0 Å². The number of pyridine rings is 1. The number of hydrogen-bond acceptors (Lipinski definition) is 8. The number of rotatable bonds is 3. The van der Waals surface area contributed by atoms with Crippen molar-refractivity contribution in [2.45, 2.75) is 69.8 Å². The monoisotopic (exact) mass is 707 g/mol. The smallest absolute Gasteiger partial charge is 0.264 e. The molecule has 6 rings (SSSR count). The summed E-state index contributed by atoms with van der Waals surface area (Å²) in [7, 11) is -0.651. The van der Waals surface area contributed by atoms with Crippen molar-refractivity contribution in [2.75, 3.05) is 32.2 Å². The predicted molar refractivity (Wildman–Crippen MR) is 192 cm³/mol. The number of halogens is 1. The Morgan fingerprint density at radius 2 is 1.90 bits per heavy atom. The van der Waals surface area contributed by atoms with Gasteiger partial charge in [-0.3, -0.25) is 4.79 Å². The Morgan fingerprint density at radius 3 is 2.65 bits per heavy atom. The number of sulfonamides is 1. The SMILES string of the molecule is COc1ncccc1[C@]1(OC)/C=C/C[C@H](C)[C@@H](C)S(=O)(=O)NC(=O)c2ccc3c(c2)N(CCCCc2cc(Cl)ccc2CO3)C[C@@H]2CC[C@H]21. The zero-order valence-electron chi connectivity index (χ0n) is 28.7. The Balaban J connectivity index is 1.47. The van der Waals surface area contributed by atoms with Gasteiger partial charge in [-0.05, 0) is 111 Å². The molecule has 2 aromatic carbocycles. The molecule has 1 aliphatic carbocycles. The molecule has 1 saturated carbocycles. The van der Waals surface area contributed by atoms with Crippen LogP contribution in [0, 0.1) is 17.8 Å². The van der Waals surface area contributed by atoms with E-state index in [1.54, 1.807) is 45.5 Å². The number of amides is 1. The van der Waals surface area contributed by atoms with Gasteiger partial charge in [0.05, 0.1) is 23.6 Å². The second-order valence-corrected chi connectivity index (χ2v) is 16.1. The first-order chi connectivity index (χ1) is 23.6. The van der Waals surface area contributed by atoms with Crippen LogP contribution in [0.5, 0.6) is 11.6 Å². The van der Waals surface area contributed by atoms with Gasteiger partial charge >= 0.3 is 0 Å². The lowest BCUT2D eigenvalue weighted by atomic mass is 9.62. The van der Waals surface area contributed by atoms with Crippen molar-refractivity contribution in [1.29, 1.82) is 0 Å². The Morgan fingerprint density at radius 1 is 1.06 bits per heavy atom. The topological polar surface area (TPSA) is 107 Å². The molecule has 0 unspecified atom stereocenters. The van der Waals surface area contributed by atoms with E-state index in [4.69, 9.17) is 25.8 Å². The molecule has 1 N–H and O–H groups in total. The van der Waals surface area contributed by atoms with Crippen LogP contribution in [0.4, 0.5) is 5.69 Å². The van der Waals surface area contributed by atoms with Gasteiger partial charge in [-0.1, -0.05) is 36.7 Å². The van der Waals surface area contributed by atoms with E-state index in [2.05, 4.69) is 20.7 Å². The summed E-state index contributed by atoms with van der Waals surface area (Å²) in [5, 5.41) is -0.130. The quantitative estimate of drug-likeness (QED) is 0.288. The third-order valence-corrected chi connectivity index (χ3v) is 12.9. The van der Waals surface area contributed by atoms with Gasteiger partial charge in [-0.15, -0.1) is 0 Å². The van der Waals surface area contributed by atoms with Crippen molar-refractivity contribution in [3.8, 4) is 11.6 Å². The summed E-state index contributed by atoms with van der Waals surface area (Å²) in [6.45, 7) is 5.28. The zero-order valence-corrected chi connectivity index (χ0v) is 30.2. The van der Waals surface area contributed by atoms with E-state index in [-0.39, 0.29) is 23.3 Å². The summed E-state index contributed by atoms with van der Waals surface area (Å²) < 4.78 is 48.2. The average molecular weight is 708 g/mol. The summed E-state index contributed by atoms with van der Waals surface area (Å²) in [6.07, 6.45) is 10.9. The van der Waals surface area contributed by atoms with Crippen LogP contribution in [0.15, 0.2) is 66.9 Å². The van der Waals surface area contributed by atoms with Gasteiger partial charge in [-0.25, -0.2) is 18.1 Å². The van der Waals surface area contributed by atoms with E-state index < -0.39 is 26.8 Å². The van der Waals surface area contributed by atoms with Crippen LogP contribution in [0.3, 0.4) is 0 Å². The number of hydrogen-bond donors (Lipinski definition) is 1. The maximum Gasteiger partial charge on any atom is 0.264 e. The van der Waals surface area contributed by atoms with Crippen molar-refractivity contribution in [2.24, 2.45) is 17.8 Å². The minimum absolute atomic E-state index is 0.0802. The number of methoxy groups -OCH3 is 2. The maximum absolute atomic E-state index is 13.5. The number of anilines is 1. The molecule has 11 heteroatoms. The van der Waals surface area contributed by atoms with Crippen LogP contribution >= 0.6 is 11.6 Å². The molecule has 262 valence electrons. The predicted octanol–water partition coefficient (Wildman–Crippen LogP) is 7.08. The Hall–Kier alpha value is -3.60. The molecule has 1 aromatic heterocycles. The van der Waals surface area contributed by atoms with Crippen molar-refractivity contribution < 1.29 is 27.4 Å². The van der Waals surface area contributed by atoms with Crippen LogP contribution in [-0.4, -0.2) is 51.9 Å². The first kappa shape index (κ1) is 35.2. The van der Waals surface area contributed by atoms with Crippen molar-refractivity contribution in [3.63, 3.8) is 0 Å². The molecule has 3 heterocycles. The normalized spacial score (nSPS) is 27.9. The van der Waals surface area contributed by atoms with E-state index in [9.17, 15) is 13.2 Å². The lowest BCUT2D eigenvalue weighted by Gasteiger charge is -2.50. The van der Waals surface area contributed by atoms with Crippen molar-refractivity contribution in [1.82, 2.24) is 9.71 Å². The number of fused-ring (bicyclic) bond motifs is 3. The molecule has 0 radical (unpaired) electrons. The minimum atomic E-state index is -3.99. The molecule has 3 aromatic rings. The molecule has 2 aliphatic heterocycles. The van der Waals surface area contributed by atoms with Gasteiger partial charge in [0.25, 0.3) is 5.91 Å². The van der Waals surface area contributed by atoms with E-state index in [1.807, 2.05) is 43.3 Å². The number of carbonyl (C=O) groups is 1. The van der Waals surface area contributed by atoms with Crippen molar-refractivity contribution in [3.05, 3.63) is 94.2 Å². The molecular weight excluding hydrogens is 662 g/mol. The summed E-state index contributed by atoms with van der Waals surface area (Å²) in [5.74, 6) is 0.503. The second-order valence-electron chi connectivity index (χ2n) is 13.6. The van der Waals surface area contributed by atoms with Crippen LogP contribution in [0.2, 0.25) is 5.02 Å². The number of allylic oxidation sites excluding steroid dienone is 1. The Labute approximate surface area is 295 Å². The molecular formula is C38H46ClN3O6S. The van der Waals surface area contributed by atoms with E-state index in [0.717, 1.165) is 55.5 Å². The third kappa shape index (κ3) is 7.19. The molecule has 9 nitrogen and oxygen atoms in total. The summed E-state index contributed by atoms with van der Waals surface area (Å²) in [5.41, 5.74) is 3.24. The van der Waals surface area contributed by atoms with Crippen LogP contribution in [0.25, 0.3) is 0 Å². The lowest BCUT2D eigenvalue weighted by Crippen LogP contribution is -2.49. The number of aromatic nitrogens is 1.